The van der Waals surface area contributed by atoms with Crippen molar-refractivity contribution in [3.63, 3.8) is 0 Å². The number of hydrogen-bond acceptors (Lipinski definition) is 5. The van der Waals surface area contributed by atoms with Gasteiger partial charge in [0.25, 0.3) is 26.0 Å². The van der Waals surface area contributed by atoms with E-state index in [1.54, 1.807) is 60.7 Å². The topological polar surface area (TPSA) is 113 Å². The second-order valence-corrected chi connectivity index (χ2v) is 13.0. The van der Waals surface area contributed by atoms with Crippen LogP contribution >= 0.6 is 0 Å². The molecule has 11 heteroatoms. The zero-order chi connectivity index (χ0) is 30.5. The standard InChI is InChI=1S/C32H26FN3O5S2/c33-25-15-17-27(18-16-25)35-42(38,39)28-21-19-26(20-22-28)34-32(37)30-13-7-8-14-31(30)36(23-24-9-3-1-4-10-24)43(40,41)29-11-5-2-6-12-29/h1-22,35H,23H2,(H,34,37). The molecule has 2 N–H and O–H groups in total. The Bertz CT molecular complexity index is 1940. The molecule has 0 bridgehead atoms. The SMILES string of the molecule is O=C(Nc1ccc(S(=O)(=O)Nc2ccc(F)cc2)cc1)c1ccccc1N(Cc1ccccc1)S(=O)(=O)c1ccccc1. The number of sulfonamides is 2. The molecule has 0 unspecified atom stereocenters. The van der Waals surface area contributed by atoms with Gasteiger partial charge in [-0.3, -0.25) is 13.8 Å². The first kappa shape index (κ1) is 29.5. The third kappa shape index (κ3) is 6.91. The van der Waals surface area contributed by atoms with Crippen molar-refractivity contribution < 1.29 is 26.0 Å². The Morgan fingerprint density at radius 2 is 1.19 bits per heavy atom. The van der Waals surface area contributed by atoms with Gasteiger partial charge in [-0.15, -0.1) is 0 Å². The van der Waals surface area contributed by atoms with Crippen LogP contribution in [0, 0.1) is 5.82 Å². The first-order valence-electron chi connectivity index (χ1n) is 13.0. The molecule has 0 aliphatic carbocycles. The van der Waals surface area contributed by atoms with Crippen LogP contribution in [0.4, 0.5) is 21.5 Å². The van der Waals surface area contributed by atoms with Gasteiger partial charge in [-0.1, -0.05) is 60.7 Å². The molecule has 8 nitrogen and oxygen atoms in total. The lowest BCUT2D eigenvalue weighted by Gasteiger charge is -2.26. The van der Waals surface area contributed by atoms with E-state index < -0.39 is 31.8 Å². The van der Waals surface area contributed by atoms with Crippen LogP contribution < -0.4 is 14.3 Å². The van der Waals surface area contributed by atoms with E-state index in [2.05, 4.69) is 10.0 Å². The largest absolute Gasteiger partial charge is 0.322 e. The van der Waals surface area contributed by atoms with E-state index in [-0.39, 0.29) is 33.3 Å². The summed E-state index contributed by atoms with van der Waals surface area (Å²) in [5.74, 6) is -1.08. The molecule has 0 saturated carbocycles. The summed E-state index contributed by atoms with van der Waals surface area (Å²) >= 11 is 0. The van der Waals surface area contributed by atoms with Crippen molar-refractivity contribution in [1.29, 1.82) is 0 Å². The second kappa shape index (κ2) is 12.5. The number of amides is 1. The van der Waals surface area contributed by atoms with E-state index in [1.807, 2.05) is 6.07 Å². The molecule has 5 aromatic carbocycles. The van der Waals surface area contributed by atoms with Crippen LogP contribution in [0.5, 0.6) is 0 Å². The van der Waals surface area contributed by atoms with Gasteiger partial charge in [0.15, 0.2) is 0 Å². The van der Waals surface area contributed by atoms with Crippen molar-refractivity contribution in [3.05, 3.63) is 150 Å². The molecule has 0 atom stereocenters. The summed E-state index contributed by atoms with van der Waals surface area (Å²) in [7, 11) is -8.05. The van der Waals surface area contributed by atoms with Gasteiger partial charge in [-0.2, -0.15) is 0 Å². The predicted molar refractivity (Wildman–Crippen MR) is 164 cm³/mol. The number of anilines is 3. The molecule has 5 aromatic rings. The van der Waals surface area contributed by atoms with Gasteiger partial charge < -0.3 is 5.32 Å². The van der Waals surface area contributed by atoms with Gasteiger partial charge >= 0.3 is 0 Å². The molecule has 218 valence electrons. The average Bonchev–Trinajstić information content (AvgIpc) is 3.02. The number of para-hydroxylation sites is 1. The molecule has 0 fully saturated rings. The summed E-state index contributed by atoms with van der Waals surface area (Å²) < 4.78 is 70.0. The minimum atomic E-state index is -4.07. The lowest BCUT2D eigenvalue weighted by atomic mass is 10.1. The normalized spacial score (nSPS) is 11.5. The molecule has 0 aliphatic heterocycles. The van der Waals surface area contributed by atoms with Crippen LogP contribution in [0.2, 0.25) is 0 Å². The third-order valence-corrected chi connectivity index (χ3v) is 9.61. The number of nitrogens with one attached hydrogen (secondary N) is 2. The number of nitrogens with zero attached hydrogens (tertiary/aromatic N) is 1. The van der Waals surface area contributed by atoms with Gasteiger partial charge in [0.2, 0.25) is 0 Å². The van der Waals surface area contributed by atoms with Crippen LogP contribution in [0.15, 0.2) is 143 Å². The Balaban J connectivity index is 1.42. The molecule has 5 rings (SSSR count). The number of benzene rings is 5. The number of carbonyl (C=O) groups is 1. The number of carbonyl (C=O) groups excluding carboxylic acids is 1. The van der Waals surface area contributed by atoms with E-state index >= 15 is 0 Å². The highest BCUT2D eigenvalue weighted by atomic mass is 32.2. The summed E-state index contributed by atoms with van der Waals surface area (Å²) in [6.45, 7) is -0.0179. The van der Waals surface area contributed by atoms with Crippen LogP contribution in [0.1, 0.15) is 15.9 Å². The van der Waals surface area contributed by atoms with Gasteiger partial charge in [0.1, 0.15) is 5.82 Å². The summed E-state index contributed by atoms with van der Waals surface area (Å²) in [6.07, 6.45) is 0. The lowest BCUT2D eigenvalue weighted by Crippen LogP contribution is -2.32. The minimum absolute atomic E-state index is 0.0179. The highest BCUT2D eigenvalue weighted by Crippen LogP contribution is 2.30. The fraction of sp³-hybridized carbons (Fsp3) is 0.0312. The Morgan fingerprint density at radius 3 is 1.84 bits per heavy atom. The quantitative estimate of drug-likeness (QED) is 0.192. The maximum atomic E-state index is 13.9. The Morgan fingerprint density at radius 1 is 0.628 bits per heavy atom. The van der Waals surface area contributed by atoms with Crippen LogP contribution in [0.25, 0.3) is 0 Å². The van der Waals surface area contributed by atoms with Crippen molar-refractivity contribution in [3.8, 4) is 0 Å². The molecular formula is C32H26FN3O5S2. The molecule has 0 aliphatic rings. The highest BCUT2D eigenvalue weighted by Gasteiger charge is 2.28. The van der Waals surface area contributed by atoms with Gasteiger partial charge in [-0.05, 0) is 78.4 Å². The molecule has 0 spiro atoms. The Labute approximate surface area is 249 Å². The van der Waals surface area contributed by atoms with Gasteiger partial charge in [0, 0.05) is 11.4 Å². The zero-order valence-corrected chi connectivity index (χ0v) is 24.2. The van der Waals surface area contributed by atoms with Crippen LogP contribution in [-0.4, -0.2) is 22.7 Å². The number of hydrogen-bond donors (Lipinski definition) is 2. The first-order valence-corrected chi connectivity index (χ1v) is 16.0. The van der Waals surface area contributed by atoms with E-state index in [0.29, 0.717) is 5.69 Å². The van der Waals surface area contributed by atoms with Crippen LogP contribution in [0.3, 0.4) is 0 Å². The van der Waals surface area contributed by atoms with Crippen molar-refractivity contribution in [2.45, 2.75) is 16.3 Å². The van der Waals surface area contributed by atoms with E-state index in [1.165, 1.54) is 58.9 Å². The first-order chi connectivity index (χ1) is 20.6. The fourth-order valence-corrected chi connectivity index (χ4v) is 6.85. The number of halogens is 1. The molecular weight excluding hydrogens is 590 g/mol. The Hall–Kier alpha value is -5.00. The maximum absolute atomic E-state index is 13.9. The molecule has 0 saturated heterocycles. The zero-order valence-electron chi connectivity index (χ0n) is 22.6. The van der Waals surface area contributed by atoms with E-state index in [4.69, 9.17) is 0 Å². The van der Waals surface area contributed by atoms with Crippen molar-refractivity contribution >= 4 is 43.0 Å². The third-order valence-electron chi connectivity index (χ3n) is 6.44. The number of rotatable bonds is 10. The molecule has 0 aromatic heterocycles. The lowest BCUT2D eigenvalue weighted by molar-refractivity contribution is 0.102. The predicted octanol–water partition coefficient (Wildman–Crippen LogP) is 6.27. The molecule has 0 radical (unpaired) electrons. The van der Waals surface area contributed by atoms with E-state index in [0.717, 1.165) is 17.7 Å². The summed E-state index contributed by atoms with van der Waals surface area (Å²) in [5, 5.41) is 2.73. The van der Waals surface area contributed by atoms with Gasteiger partial charge in [-0.25, -0.2) is 21.2 Å². The summed E-state index contributed by atoms with van der Waals surface area (Å²) in [4.78, 5) is 13.5. The Kier molecular flexibility index (Phi) is 8.56. The fourth-order valence-electron chi connectivity index (χ4n) is 4.30. The van der Waals surface area contributed by atoms with Gasteiger partial charge in [0.05, 0.1) is 27.6 Å². The average molecular weight is 616 g/mol. The second-order valence-electron chi connectivity index (χ2n) is 9.42. The molecule has 43 heavy (non-hydrogen) atoms. The van der Waals surface area contributed by atoms with Crippen LogP contribution in [-0.2, 0) is 26.6 Å². The van der Waals surface area contributed by atoms with E-state index in [9.17, 15) is 26.0 Å². The maximum Gasteiger partial charge on any atom is 0.264 e. The smallest absolute Gasteiger partial charge is 0.264 e. The monoisotopic (exact) mass is 615 g/mol. The summed E-state index contributed by atoms with van der Waals surface area (Å²) in [5.41, 5.74) is 1.49. The summed E-state index contributed by atoms with van der Waals surface area (Å²) in [6, 6.07) is 33.7. The minimum Gasteiger partial charge on any atom is -0.322 e. The van der Waals surface area contributed by atoms with Crippen molar-refractivity contribution in [1.82, 2.24) is 0 Å². The molecule has 0 heterocycles. The van der Waals surface area contributed by atoms with Crippen molar-refractivity contribution in [2.75, 3.05) is 14.3 Å². The highest BCUT2D eigenvalue weighted by molar-refractivity contribution is 7.93. The van der Waals surface area contributed by atoms with Crippen molar-refractivity contribution in [2.24, 2.45) is 0 Å². The molecule has 1 amide bonds.